The summed E-state index contributed by atoms with van der Waals surface area (Å²) in [5.41, 5.74) is 3.65. The van der Waals surface area contributed by atoms with Gasteiger partial charge in [0.15, 0.2) is 0 Å². The Morgan fingerprint density at radius 1 is 0.618 bits per heavy atom. The summed E-state index contributed by atoms with van der Waals surface area (Å²) in [5, 5.41) is 4.85. The van der Waals surface area contributed by atoms with Crippen LogP contribution in [0, 0.1) is 0 Å². The summed E-state index contributed by atoms with van der Waals surface area (Å²) in [7, 11) is 1.95. The number of aromatic nitrogens is 2. The van der Waals surface area contributed by atoms with Crippen molar-refractivity contribution in [1.82, 2.24) is 9.78 Å². The molecule has 34 heavy (non-hydrogen) atoms. The lowest BCUT2D eigenvalue weighted by Gasteiger charge is -2.13. The maximum atomic E-state index is 6.07. The summed E-state index contributed by atoms with van der Waals surface area (Å²) in [6.45, 7) is 11.0. The fourth-order valence-electron chi connectivity index (χ4n) is 3.56. The van der Waals surface area contributed by atoms with Crippen molar-refractivity contribution in [2.75, 3.05) is 26.4 Å². The van der Waals surface area contributed by atoms with Crippen LogP contribution >= 0.6 is 0 Å². The van der Waals surface area contributed by atoms with Gasteiger partial charge in [-0.25, -0.2) is 0 Å². The first-order valence-corrected chi connectivity index (χ1v) is 12.4. The molecule has 0 amide bonds. The molecule has 0 atom stereocenters. The summed E-state index contributed by atoms with van der Waals surface area (Å²) in [6.07, 6.45) is 3.78. The van der Waals surface area contributed by atoms with Crippen LogP contribution in [0.5, 0.6) is 23.0 Å². The molecule has 0 unspecified atom stereocenters. The van der Waals surface area contributed by atoms with Crippen LogP contribution in [0.25, 0.3) is 22.5 Å². The largest absolute Gasteiger partial charge is 0.494 e. The average Bonchev–Trinajstić information content (AvgIpc) is 3.25. The second-order valence-electron chi connectivity index (χ2n) is 8.25. The third kappa shape index (κ3) is 6.46. The summed E-state index contributed by atoms with van der Waals surface area (Å²) in [6, 6.07) is 14.0. The second-order valence-corrected chi connectivity index (χ2v) is 8.25. The monoisotopic (exact) mass is 466 g/mol. The van der Waals surface area contributed by atoms with Gasteiger partial charge in [0.05, 0.1) is 37.8 Å². The fourth-order valence-corrected chi connectivity index (χ4v) is 3.56. The van der Waals surface area contributed by atoms with Crippen molar-refractivity contribution in [2.24, 2.45) is 7.05 Å². The maximum Gasteiger partial charge on any atom is 0.129 e. The molecule has 6 heteroatoms. The molecule has 0 radical (unpaired) electrons. The van der Waals surface area contributed by atoms with Gasteiger partial charge in [0, 0.05) is 18.2 Å². The summed E-state index contributed by atoms with van der Waals surface area (Å²) < 4.78 is 25.8. The lowest BCUT2D eigenvalue weighted by molar-refractivity contribution is 0.309. The van der Waals surface area contributed by atoms with Crippen molar-refractivity contribution < 1.29 is 18.9 Å². The smallest absolute Gasteiger partial charge is 0.129 e. The molecule has 0 aliphatic carbocycles. The van der Waals surface area contributed by atoms with Gasteiger partial charge >= 0.3 is 0 Å². The topological polar surface area (TPSA) is 54.7 Å². The Morgan fingerprint density at radius 3 is 1.62 bits per heavy atom. The lowest BCUT2D eigenvalue weighted by Crippen LogP contribution is -2.01. The molecule has 6 nitrogen and oxygen atoms in total. The predicted octanol–water partition coefficient (Wildman–Crippen LogP) is 6.91. The lowest BCUT2D eigenvalue weighted by atomic mass is 10.1. The van der Waals surface area contributed by atoms with Gasteiger partial charge in [0.1, 0.15) is 23.0 Å². The molecule has 0 fully saturated rings. The van der Waals surface area contributed by atoms with E-state index in [1.807, 2.05) is 48.1 Å². The molecule has 0 saturated carbocycles. The van der Waals surface area contributed by atoms with E-state index in [-0.39, 0.29) is 0 Å². The molecule has 184 valence electrons. The fraction of sp³-hybridized carbons (Fsp3) is 0.464. The molecule has 2 aromatic carbocycles. The maximum absolute atomic E-state index is 6.07. The van der Waals surface area contributed by atoms with Gasteiger partial charge in [-0.3, -0.25) is 4.68 Å². The highest BCUT2D eigenvalue weighted by Gasteiger charge is 2.18. The van der Waals surface area contributed by atoms with Gasteiger partial charge < -0.3 is 18.9 Å². The number of hydrogen-bond donors (Lipinski definition) is 0. The first-order valence-electron chi connectivity index (χ1n) is 12.4. The number of hydrogen-bond acceptors (Lipinski definition) is 5. The zero-order valence-corrected chi connectivity index (χ0v) is 21.2. The Labute approximate surface area is 203 Å². The van der Waals surface area contributed by atoms with Crippen LogP contribution < -0.4 is 18.9 Å². The third-order valence-electron chi connectivity index (χ3n) is 5.20. The number of rotatable bonds is 14. The van der Waals surface area contributed by atoms with E-state index in [2.05, 4.69) is 33.8 Å². The molecule has 3 rings (SSSR count). The number of ether oxygens (including phenoxy) is 4. The molecule has 0 spiro atoms. The van der Waals surface area contributed by atoms with Crippen molar-refractivity contribution >= 4 is 0 Å². The molecule has 0 saturated heterocycles. The van der Waals surface area contributed by atoms with E-state index in [4.69, 9.17) is 24.0 Å². The van der Waals surface area contributed by atoms with Gasteiger partial charge in [-0.1, -0.05) is 27.7 Å². The van der Waals surface area contributed by atoms with Crippen LogP contribution in [0.2, 0.25) is 0 Å². The highest BCUT2D eigenvalue weighted by atomic mass is 16.5. The predicted molar refractivity (Wildman–Crippen MR) is 137 cm³/mol. The van der Waals surface area contributed by atoms with Crippen LogP contribution in [0.3, 0.4) is 0 Å². The Morgan fingerprint density at radius 2 is 1.09 bits per heavy atom. The van der Waals surface area contributed by atoms with E-state index in [0.29, 0.717) is 26.4 Å². The quantitative estimate of drug-likeness (QED) is 0.258. The first-order chi connectivity index (χ1) is 16.6. The van der Waals surface area contributed by atoms with Gasteiger partial charge in [0.25, 0.3) is 0 Å². The first kappa shape index (κ1) is 25.5. The van der Waals surface area contributed by atoms with E-state index in [1.165, 1.54) is 0 Å². The third-order valence-corrected chi connectivity index (χ3v) is 5.20. The molecule has 0 N–H and O–H groups in total. The minimum Gasteiger partial charge on any atom is -0.494 e. The second kappa shape index (κ2) is 12.9. The SMILES string of the molecule is CCCOc1ccc(OCCC)c(-c2cc(-c3cc(OCCC)ccc3OCCC)n(C)n2)c1. The number of benzene rings is 2. The molecule has 1 aromatic heterocycles. The molecular weight excluding hydrogens is 428 g/mol. The highest BCUT2D eigenvalue weighted by molar-refractivity contribution is 5.76. The minimum absolute atomic E-state index is 0.647. The molecule has 0 bridgehead atoms. The van der Waals surface area contributed by atoms with Gasteiger partial charge in [-0.2, -0.15) is 5.10 Å². The van der Waals surface area contributed by atoms with Crippen molar-refractivity contribution in [3.8, 4) is 45.5 Å². The van der Waals surface area contributed by atoms with E-state index in [1.54, 1.807) is 0 Å². The van der Waals surface area contributed by atoms with Crippen LogP contribution in [0.15, 0.2) is 42.5 Å². The van der Waals surface area contributed by atoms with Crippen LogP contribution in [-0.4, -0.2) is 36.2 Å². The zero-order chi connectivity index (χ0) is 24.3. The number of nitrogens with zero attached hydrogens (tertiary/aromatic N) is 2. The zero-order valence-electron chi connectivity index (χ0n) is 21.2. The minimum atomic E-state index is 0.647. The van der Waals surface area contributed by atoms with E-state index in [0.717, 1.165) is 71.2 Å². The Kier molecular flexibility index (Phi) is 9.68. The summed E-state index contributed by atoms with van der Waals surface area (Å²) in [4.78, 5) is 0. The van der Waals surface area contributed by atoms with E-state index < -0.39 is 0 Å². The van der Waals surface area contributed by atoms with Gasteiger partial charge in [-0.15, -0.1) is 0 Å². The Bertz CT molecular complexity index is 1040. The number of aryl methyl sites for hydroxylation is 1. The summed E-state index contributed by atoms with van der Waals surface area (Å²) in [5.74, 6) is 3.26. The molecule has 3 aromatic rings. The Balaban J connectivity index is 2.05. The van der Waals surface area contributed by atoms with Crippen LogP contribution in [0.4, 0.5) is 0 Å². The van der Waals surface area contributed by atoms with Crippen LogP contribution in [-0.2, 0) is 7.05 Å². The normalized spacial score (nSPS) is 10.9. The van der Waals surface area contributed by atoms with Gasteiger partial charge in [0.2, 0.25) is 0 Å². The highest BCUT2D eigenvalue weighted by Crippen LogP contribution is 2.38. The van der Waals surface area contributed by atoms with Crippen LogP contribution in [0.1, 0.15) is 53.4 Å². The molecule has 1 heterocycles. The molecule has 0 aliphatic rings. The molecular formula is C28H38N2O4. The van der Waals surface area contributed by atoms with Crippen molar-refractivity contribution in [1.29, 1.82) is 0 Å². The van der Waals surface area contributed by atoms with Crippen molar-refractivity contribution in [3.05, 3.63) is 42.5 Å². The van der Waals surface area contributed by atoms with Crippen molar-refractivity contribution in [2.45, 2.75) is 53.4 Å². The average molecular weight is 467 g/mol. The van der Waals surface area contributed by atoms with E-state index in [9.17, 15) is 0 Å². The Hall–Kier alpha value is -3.15. The van der Waals surface area contributed by atoms with Gasteiger partial charge in [-0.05, 0) is 68.1 Å². The summed E-state index contributed by atoms with van der Waals surface area (Å²) >= 11 is 0. The van der Waals surface area contributed by atoms with E-state index >= 15 is 0 Å². The standard InChI is InChI=1S/C28H38N2O4/c1-6-14-31-21-10-12-27(33-16-8-3)23(18-21)25-20-26(30(5)29-25)24-19-22(32-15-7-2)11-13-28(24)34-17-9-4/h10-13,18-20H,6-9,14-17H2,1-5H3. The van der Waals surface area contributed by atoms with Crippen molar-refractivity contribution in [3.63, 3.8) is 0 Å². The molecule has 0 aliphatic heterocycles.